The maximum Gasteiger partial charge on any atom is 0.0575 e. The number of alkyl halides is 1. The van der Waals surface area contributed by atoms with Gasteiger partial charge in [0, 0.05) is 0 Å². The second-order valence-electron chi connectivity index (χ2n) is 2.49. The lowest BCUT2D eigenvalue weighted by atomic mass is 10.1. The van der Waals surface area contributed by atoms with Crippen LogP contribution in [0.1, 0.15) is 16.0 Å². The van der Waals surface area contributed by atoms with Crippen LogP contribution in [0.15, 0.2) is 36.9 Å². The second kappa shape index (κ2) is 3.72. The minimum atomic E-state index is 0.281. The Morgan fingerprint density at radius 3 is 2.64 bits per heavy atom. The van der Waals surface area contributed by atoms with Crippen LogP contribution in [-0.2, 0) is 0 Å². The van der Waals surface area contributed by atoms with Gasteiger partial charge in [0.05, 0.1) is 4.83 Å². The summed E-state index contributed by atoms with van der Waals surface area (Å²) in [4.78, 5) is 0.281. The van der Waals surface area contributed by atoms with Crippen molar-refractivity contribution in [3.05, 3.63) is 48.0 Å². The van der Waals surface area contributed by atoms with E-state index in [1.165, 1.54) is 11.1 Å². The Hall–Kier alpha value is -0.560. The van der Waals surface area contributed by atoms with Gasteiger partial charge >= 0.3 is 0 Å². The van der Waals surface area contributed by atoms with Crippen LogP contribution in [0.5, 0.6) is 0 Å². The summed E-state index contributed by atoms with van der Waals surface area (Å²) < 4.78 is 0. The number of hydrogen-bond acceptors (Lipinski definition) is 0. The van der Waals surface area contributed by atoms with E-state index in [-0.39, 0.29) is 4.83 Å². The van der Waals surface area contributed by atoms with Crippen molar-refractivity contribution in [2.75, 3.05) is 0 Å². The van der Waals surface area contributed by atoms with Crippen molar-refractivity contribution in [2.45, 2.75) is 11.8 Å². The Morgan fingerprint density at radius 2 is 2.09 bits per heavy atom. The van der Waals surface area contributed by atoms with E-state index in [1.54, 1.807) is 0 Å². The molecule has 0 saturated heterocycles. The third-order valence-corrected chi connectivity index (χ3v) is 2.56. The van der Waals surface area contributed by atoms with Crippen LogP contribution < -0.4 is 0 Å². The average molecular weight is 211 g/mol. The average Bonchev–Trinajstić information content (AvgIpc) is 2.04. The molecule has 1 rings (SSSR count). The van der Waals surface area contributed by atoms with Crippen molar-refractivity contribution in [1.82, 2.24) is 0 Å². The molecule has 0 aliphatic heterocycles. The molecule has 58 valence electrons. The van der Waals surface area contributed by atoms with Crippen LogP contribution in [0.4, 0.5) is 0 Å². The minimum Gasteiger partial charge on any atom is -0.102 e. The SMILES string of the molecule is C=CC(Br)c1ccccc1C. The van der Waals surface area contributed by atoms with Crippen LogP contribution >= 0.6 is 15.9 Å². The first kappa shape index (κ1) is 8.54. The molecule has 0 bridgehead atoms. The molecule has 0 aliphatic carbocycles. The molecule has 1 heteroatoms. The number of allylic oxidation sites excluding steroid dienone is 1. The fourth-order valence-corrected chi connectivity index (χ4v) is 1.54. The normalized spacial score (nSPS) is 12.5. The third kappa shape index (κ3) is 1.93. The highest BCUT2D eigenvalue weighted by molar-refractivity contribution is 9.09. The quantitative estimate of drug-likeness (QED) is 0.517. The Kier molecular flexibility index (Phi) is 2.89. The van der Waals surface area contributed by atoms with E-state index in [4.69, 9.17) is 0 Å². The molecule has 0 aliphatic rings. The molecule has 1 atom stereocenters. The molecule has 0 spiro atoms. The molecule has 0 nitrogen and oxygen atoms in total. The van der Waals surface area contributed by atoms with Crippen molar-refractivity contribution in [3.8, 4) is 0 Å². The van der Waals surface area contributed by atoms with E-state index in [2.05, 4.69) is 41.6 Å². The molecule has 1 aromatic rings. The van der Waals surface area contributed by atoms with Gasteiger partial charge in [-0.3, -0.25) is 0 Å². The van der Waals surface area contributed by atoms with E-state index in [0.29, 0.717) is 0 Å². The summed E-state index contributed by atoms with van der Waals surface area (Å²) in [7, 11) is 0. The van der Waals surface area contributed by atoms with Gasteiger partial charge in [-0.05, 0) is 18.1 Å². The second-order valence-corrected chi connectivity index (χ2v) is 3.48. The molecule has 1 unspecified atom stereocenters. The Balaban J connectivity index is 3.02. The predicted octanol–water partition coefficient (Wildman–Crippen LogP) is 3.62. The monoisotopic (exact) mass is 210 g/mol. The highest BCUT2D eigenvalue weighted by Gasteiger charge is 2.03. The van der Waals surface area contributed by atoms with Gasteiger partial charge < -0.3 is 0 Å². The van der Waals surface area contributed by atoms with Crippen LogP contribution in [0.2, 0.25) is 0 Å². The number of aryl methyl sites for hydroxylation is 1. The molecule has 0 amide bonds. The standard InChI is InChI=1S/C10H11Br/c1-3-10(11)9-7-5-4-6-8(9)2/h3-7,10H,1H2,2H3. The van der Waals surface area contributed by atoms with Crippen molar-refractivity contribution in [3.63, 3.8) is 0 Å². The van der Waals surface area contributed by atoms with E-state index in [0.717, 1.165) is 0 Å². The first-order valence-electron chi connectivity index (χ1n) is 3.58. The lowest BCUT2D eigenvalue weighted by Gasteiger charge is -2.07. The van der Waals surface area contributed by atoms with Crippen molar-refractivity contribution < 1.29 is 0 Å². The highest BCUT2D eigenvalue weighted by Crippen LogP contribution is 2.25. The smallest absolute Gasteiger partial charge is 0.0575 e. The topological polar surface area (TPSA) is 0 Å². The summed E-state index contributed by atoms with van der Waals surface area (Å²) in [6, 6.07) is 8.30. The number of halogens is 1. The lowest BCUT2D eigenvalue weighted by Crippen LogP contribution is -1.88. The molecular weight excluding hydrogens is 200 g/mol. The zero-order valence-corrected chi connectivity index (χ0v) is 8.14. The molecule has 0 saturated carbocycles. The van der Waals surface area contributed by atoms with E-state index in [9.17, 15) is 0 Å². The van der Waals surface area contributed by atoms with Gasteiger partial charge in [0.1, 0.15) is 0 Å². The van der Waals surface area contributed by atoms with Crippen molar-refractivity contribution in [1.29, 1.82) is 0 Å². The van der Waals surface area contributed by atoms with E-state index in [1.807, 2.05) is 18.2 Å². The Bertz CT molecular complexity index is 253. The van der Waals surface area contributed by atoms with Crippen LogP contribution in [0.3, 0.4) is 0 Å². The fourth-order valence-electron chi connectivity index (χ4n) is 1.02. The number of benzene rings is 1. The molecule has 0 radical (unpaired) electrons. The van der Waals surface area contributed by atoms with Gasteiger partial charge in [-0.25, -0.2) is 0 Å². The Morgan fingerprint density at radius 1 is 1.45 bits per heavy atom. The largest absolute Gasteiger partial charge is 0.102 e. The zero-order valence-electron chi connectivity index (χ0n) is 6.55. The summed E-state index contributed by atoms with van der Waals surface area (Å²) >= 11 is 3.52. The lowest BCUT2D eigenvalue weighted by molar-refractivity contribution is 1.21. The molecule has 0 fully saturated rings. The molecule has 1 aromatic carbocycles. The van der Waals surface area contributed by atoms with Gasteiger partial charge in [-0.1, -0.05) is 46.3 Å². The maximum atomic E-state index is 3.73. The summed E-state index contributed by atoms with van der Waals surface area (Å²) in [6.07, 6.45) is 1.89. The van der Waals surface area contributed by atoms with E-state index >= 15 is 0 Å². The third-order valence-electron chi connectivity index (χ3n) is 1.69. The fraction of sp³-hybridized carbons (Fsp3) is 0.200. The van der Waals surface area contributed by atoms with Crippen LogP contribution in [0.25, 0.3) is 0 Å². The zero-order chi connectivity index (χ0) is 8.27. The summed E-state index contributed by atoms with van der Waals surface area (Å²) in [5.74, 6) is 0. The van der Waals surface area contributed by atoms with Gasteiger partial charge in [0.15, 0.2) is 0 Å². The van der Waals surface area contributed by atoms with Gasteiger partial charge in [0.2, 0.25) is 0 Å². The number of hydrogen-bond donors (Lipinski definition) is 0. The summed E-state index contributed by atoms with van der Waals surface area (Å²) in [6.45, 7) is 5.84. The van der Waals surface area contributed by atoms with Crippen LogP contribution in [0, 0.1) is 6.92 Å². The highest BCUT2D eigenvalue weighted by atomic mass is 79.9. The number of rotatable bonds is 2. The summed E-state index contributed by atoms with van der Waals surface area (Å²) in [5.41, 5.74) is 2.59. The van der Waals surface area contributed by atoms with Gasteiger partial charge in [-0.15, -0.1) is 6.58 Å². The first-order chi connectivity index (χ1) is 5.25. The molecule has 0 heterocycles. The minimum absolute atomic E-state index is 0.281. The molecular formula is C10H11Br. The first-order valence-corrected chi connectivity index (χ1v) is 4.49. The van der Waals surface area contributed by atoms with Crippen molar-refractivity contribution in [2.24, 2.45) is 0 Å². The molecule has 0 aromatic heterocycles. The molecule has 0 N–H and O–H groups in total. The Labute approximate surface area is 76.1 Å². The molecule has 11 heavy (non-hydrogen) atoms. The van der Waals surface area contributed by atoms with Crippen molar-refractivity contribution >= 4 is 15.9 Å². The summed E-state index contributed by atoms with van der Waals surface area (Å²) in [5, 5.41) is 0. The van der Waals surface area contributed by atoms with E-state index < -0.39 is 0 Å². The predicted molar refractivity (Wildman–Crippen MR) is 53.0 cm³/mol. The maximum absolute atomic E-state index is 3.73. The van der Waals surface area contributed by atoms with Gasteiger partial charge in [-0.2, -0.15) is 0 Å². The van der Waals surface area contributed by atoms with Gasteiger partial charge in [0.25, 0.3) is 0 Å². The van der Waals surface area contributed by atoms with Crippen LogP contribution in [-0.4, -0.2) is 0 Å².